The van der Waals surface area contributed by atoms with Gasteiger partial charge in [-0.15, -0.1) is 0 Å². The van der Waals surface area contributed by atoms with Crippen LogP contribution in [0.3, 0.4) is 0 Å². The van der Waals surface area contributed by atoms with E-state index in [2.05, 4.69) is 25.3 Å². The maximum atomic E-state index is 12.1. The first-order valence-electron chi connectivity index (χ1n) is 8.48. The summed E-state index contributed by atoms with van der Waals surface area (Å²) in [4.78, 5) is 22.9. The first kappa shape index (κ1) is 16.4. The van der Waals surface area contributed by atoms with Crippen molar-refractivity contribution in [1.82, 2.24) is 25.1 Å². The molecule has 0 aliphatic carbocycles. The van der Waals surface area contributed by atoms with Gasteiger partial charge in [0, 0.05) is 57.4 Å². The molecule has 0 radical (unpaired) electrons. The van der Waals surface area contributed by atoms with Crippen molar-refractivity contribution >= 4 is 11.9 Å². The lowest BCUT2D eigenvalue weighted by atomic mass is 9.98. The molecule has 1 aliphatic heterocycles. The van der Waals surface area contributed by atoms with Crippen LogP contribution in [0.4, 0.5) is 5.95 Å². The molecule has 1 saturated heterocycles. The van der Waals surface area contributed by atoms with E-state index in [0.717, 1.165) is 44.0 Å². The van der Waals surface area contributed by atoms with Gasteiger partial charge in [0.15, 0.2) is 0 Å². The van der Waals surface area contributed by atoms with Crippen LogP contribution < -0.4 is 10.2 Å². The summed E-state index contributed by atoms with van der Waals surface area (Å²) in [6.45, 7) is 2.59. The molecule has 7 nitrogen and oxygen atoms in total. The molecule has 2 aromatic heterocycles. The van der Waals surface area contributed by atoms with Gasteiger partial charge in [0.2, 0.25) is 11.9 Å². The van der Waals surface area contributed by atoms with Gasteiger partial charge in [-0.3, -0.25) is 9.48 Å². The molecule has 1 fully saturated rings. The van der Waals surface area contributed by atoms with Crippen LogP contribution >= 0.6 is 0 Å². The Bertz CT molecular complexity index is 656. The zero-order valence-electron chi connectivity index (χ0n) is 14.1. The van der Waals surface area contributed by atoms with Gasteiger partial charge >= 0.3 is 0 Å². The van der Waals surface area contributed by atoms with Crippen LogP contribution in [-0.4, -0.2) is 45.3 Å². The molecule has 1 aliphatic rings. The fourth-order valence-corrected chi connectivity index (χ4v) is 3.10. The van der Waals surface area contributed by atoms with Crippen LogP contribution in [0, 0.1) is 5.92 Å². The highest BCUT2D eigenvalue weighted by atomic mass is 16.1. The second kappa shape index (κ2) is 7.90. The molecule has 1 N–H and O–H groups in total. The number of carbonyl (C=O) groups is 1. The monoisotopic (exact) mass is 328 g/mol. The van der Waals surface area contributed by atoms with Crippen molar-refractivity contribution in [1.29, 1.82) is 0 Å². The highest BCUT2D eigenvalue weighted by Crippen LogP contribution is 2.19. The van der Waals surface area contributed by atoms with Gasteiger partial charge < -0.3 is 10.2 Å². The van der Waals surface area contributed by atoms with Crippen LogP contribution in [0.1, 0.15) is 25.0 Å². The molecule has 128 valence electrons. The lowest BCUT2D eigenvalue weighted by Crippen LogP contribution is -2.41. The number of hydrogen-bond acceptors (Lipinski definition) is 5. The summed E-state index contributed by atoms with van der Waals surface area (Å²) in [6.07, 6.45) is 8.75. The Hall–Kier alpha value is -2.44. The first-order valence-corrected chi connectivity index (χ1v) is 8.48. The van der Waals surface area contributed by atoms with Crippen LogP contribution in [-0.2, 0) is 18.3 Å². The summed E-state index contributed by atoms with van der Waals surface area (Å²) in [6, 6.07) is 3.78. The standard InChI is InChI=1S/C17H24N6O/c1-22-15(7-10-21-22)5-6-16(24)20-12-14-4-2-11-23(13-14)17-18-8-3-9-19-17/h3,7-10,14H,2,4-6,11-13H2,1H3,(H,20,24). The SMILES string of the molecule is Cn1nccc1CCC(=O)NCC1CCCN(c2ncccn2)C1. The Morgan fingerprint density at radius 2 is 2.17 bits per heavy atom. The van der Waals surface area contributed by atoms with E-state index < -0.39 is 0 Å². The third-order valence-corrected chi connectivity index (χ3v) is 4.47. The number of nitrogens with one attached hydrogen (secondary N) is 1. The van der Waals surface area contributed by atoms with E-state index in [4.69, 9.17) is 0 Å². The Morgan fingerprint density at radius 1 is 1.33 bits per heavy atom. The fraction of sp³-hybridized carbons (Fsp3) is 0.529. The summed E-state index contributed by atoms with van der Waals surface area (Å²) in [5.41, 5.74) is 1.08. The Kier molecular flexibility index (Phi) is 5.40. The number of anilines is 1. The predicted molar refractivity (Wildman–Crippen MR) is 91.5 cm³/mol. The number of nitrogens with zero attached hydrogens (tertiary/aromatic N) is 5. The fourth-order valence-electron chi connectivity index (χ4n) is 3.10. The lowest BCUT2D eigenvalue weighted by Gasteiger charge is -2.32. The molecule has 1 amide bonds. The minimum absolute atomic E-state index is 0.101. The van der Waals surface area contributed by atoms with Crippen molar-refractivity contribution in [2.24, 2.45) is 13.0 Å². The van der Waals surface area contributed by atoms with Crippen LogP contribution in [0.5, 0.6) is 0 Å². The highest BCUT2D eigenvalue weighted by Gasteiger charge is 2.22. The molecule has 3 rings (SSSR count). The molecule has 2 aromatic rings. The van der Waals surface area contributed by atoms with Gasteiger partial charge in [0.25, 0.3) is 0 Å². The Balaban J connectivity index is 1.42. The number of piperidine rings is 1. The number of amides is 1. The van der Waals surface area contributed by atoms with Crippen molar-refractivity contribution in [2.45, 2.75) is 25.7 Å². The molecule has 0 aromatic carbocycles. The van der Waals surface area contributed by atoms with Gasteiger partial charge in [0.1, 0.15) is 0 Å². The number of hydrogen-bond donors (Lipinski definition) is 1. The molecule has 1 atom stereocenters. The zero-order valence-corrected chi connectivity index (χ0v) is 14.1. The second-order valence-corrected chi connectivity index (χ2v) is 6.25. The maximum absolute atomic E-state index is 12.1. The highest BCUT2D eigenvalue weighted by molar-refractivity contribution is 5.76. The van der Waals surface area contributed by atoms with Crippen LogP contribution in [0.15, 0.2) is 30.7 Å². The normalized spacial score (nSPS) is 17.7. The first-order chi connectivity index (χ1) is 11.7. The van der Waals surface area contributed by atoms with E-state index in [1.807, 2.05) is 23.9 Å². The third-order valence-electron chi connectivity index (χ3n) is 4.47. The van der Waals surface area contributed by atoms with Crippen LogP contribution in [0.2, 0.25) is 0 Å². The van der Waals surface area contributed by atoms with Crippen molar-refractivity contribution in [3.63, 3.8) is 0 Å². The average molecular weight is 328 g/mol. The molecular weight excluding hydrogens is 304 g/mol. The maximum Gasteiger partial charge on any atom is 0.225 e. The number of aryl methyl sites for hydroxylation is 2. The van der Waals surface area contributed by atoms with Gasteiger partial charge in [-0.2, -0.15) is 5.10 Å². The van der Waals surface area contributed by atoms with Crippen molar-refractivity contribution < 1.29 is 4.79 Å². The molecule has 3 heterocycles. The molecule has 24 heavy (non-hydrogen) atoms. The number of carbonyl (C=O) groups excluding carboxylic acids is 1. The van der Waals surface area contributed by atoms with Gasteiger partial charge in [-0.25, -0.2) is 9.97 Å². The smallest absolute Gasteiger partial charge is 0.225 e. The van der Waals surface area contributed by atoms with Gasteiger partial charge in [0.05, 0.1) is 0 Å². The lowest BCUT2D eigenvalue weighted by molar-refractivity contribution is -0.121. The van der Waals surface area contributed by atoms with Crippen molar-refractivity contribution in [2.75, 3.05) is 24.5 Å². The summed E-state index contributed by atoms with van der Waals surface area (Å²) in [5.74, 6) is 1.33. The third kappa shape index (κ3) is 4.31. The average Bonchev–Trinajstić information content (AvgIpc) is 3.04. The number of rotatable bonds is 6. The van der Waals surface area contributed by atoms with Crippen molar-refractivity contribution in [3.05, 3.63) is 36.4 Å². The predicted octanol–water partition coefficient (Wildman–Crippen LogP) is 1.18. The zero-order chi connectivity index (χ0) is 16.8. The Labute approximate surface area is 142 Å². The summed E-state index contributed by atoms with van der Waals surface area (Å²) < 4.78 is 1.81. The van der Waals surface area contributed by atoms with Gasteiger partial charge in [-0.1, -0.05) is 0 Å². The van der Waals surface area contributed by atoms with E-state index in [0.29, 0.717) is 18.9 Å². The van der Waals surface area contributed by atoms with Crippen molar-refractivity contribution in [3.8, 4) is 0 Å². The van der Waals surface area contributed by atoms with E-state index in [1.54, 1.807) is 18.6 Å². The minimum atomic E-state index is 0.101. The summed E-state index contributed by atoms with van der Waals surface area (Å²) in [5, 5.41) is 7.19. The quantitative estimate of drug-likeness (QED) is 0.861. The topological polar surface area (TPSA) is 75.9 Å². The largest absolute Gasteiger partial charge is 0.356 e. The molecule has 7 heteroatoms. The molecule has 0 spiro atoms. The van der Waals surface area contributed by atoms with E-state index in [1.165, 1.54) is 0 Å². The van der Waals surface area contributed by atoms with E-state index >= 15 is 0 Å². The van der Waals surface area contributed by atoms with E-state index in [-0.39, 0.29) is 5.91 Å². The molecular formula is C17H24N6O. The van der Waals surface area contributed by atoms with E-state index in [9.17, 15) is 4.79 Å². The molecule has 1 unspecified atom stereocenters. The van der Waals surface area contributed by atoms with Gasteiger partial charge in [-0.05, 0) is 37.3 Å². The second-order valence-electron chi connectivity index (χ2n) is 6.25. The number of aromatic nitrogens is 4. The molecule has 0 saturated carbocycles. The summed E-state index contributed by atoms with van der Waals surface area (Å²) in [7, 11) is 1.90. The summed E-state index contributed by atoms with van der Waals surface area (Å²) >= 11 is 0. The van der Waals surface area contributed by atoms with Crippen LogP contribution in [0.25, 0.3) is 0 Å². The molecule has 0 bridgehead atoms. The Morgan fingerprint density at radius 3 is 2.92 bits per heavy atom. The minimum Gasteiger partial charge on any atom is -0.356 e.